The van der Waals surface area contributed by atoms with Crippen molar-refractivity contribution in [1.82, 2.24) is 4.98 Å². The smallest absolute Gasteiger partial charge is 0.197 e. The third-order valence-corrected chi connectivity index (χ3v) is 7.37. The summed E-state index contributed by atoms with van der Waals surface area (Å²) < 4.78 is 7.11. The lowest BCUT2D eigenvalue weighted by molar-refractivity contribution is -0.118. The summed E-state index contributed by atoms with van der Waals surface area (Å²) in [5.74, 6) is 0.843. The summed E-state index contributed by atoms with van der Waals surface area (Å²) in [4.78, 5) is 18.3. The van der Waals surface area contributed by atoms with Crippen LogP contribution in [0.25, 0.3) is 16.8 Å². The first-order valence-corrected chi connectivity index (χ1v) is 12.2. The third kappa shape index (κ3) is 3.82. The van der Waals surface area contributed by atoms with Crippen molar-refractivity contribution in [1.29, 1.82) is 0 Å². The summed E-state index contributed by atoms with van der Waals surface area (Å²) in [5.41, 5.74) is 10.8. The molecule has 2 aliphatic rings. The van der Waals surface area contributed by atoms with Gasteiger partial charge in [0.15, 0.2) is 11.7 Å². The number of allylic oxidation sites excluding steroid dienone is 3. The van der Waals surface area contributed by atoms with Crippen LogP contribution >= 0.6 is 27.3 Å². The first-order valence-electron chi connectivity index (χ1n) is 10.5. The zero-order valence-corrected chi connectivity index (χ0v) is 20.3. The molecule has 4 nitrogen and oxygen atoms in total. The Labute approximate surface area is 200 Å². The topological polar surface area (TPSA) is 65.2 Å². The van der Waals surface area contributed by atoms with E-state index in [1.54, 1.807) is 0 Å². The SMILES string of the molecule is CC1(C)CC(=O)C2=C(C1)OC(N)=C(c1nc(-c3ccccc3)cs1)[C@H]2c1ccc(Br)cc1. The summed E-state index contributed by atoms with van der Waals surface area (Å²) in [5, 5.41) is 2.80. The van der Waals surface area contributed by atoms with E-state index in [4.69, 9.17) is 15.5 Å². The molecule has 0 fully saturated rings. The fourth-order valence-corrected chi connectivity index (χ4v) is 5.69. The molecule has 3 aromatic rings. The zero-order chi connectivity index (χ0) is 22.5. The Balaban J connectivity index is 1.65. The molecule has 1 aliphatic carbocycles. The highest BCUT2D eigenvalue weighted by molar-refractivity contribution is 9.10. The number of carbonyl (C=O) groups excluding carboxylic acids is 1. The lowest BCUT2D eigenvalue weighted by Crippen LogP contribution is -2.33. The minimum Gasteiger partial charge on any atom is -0.445 e. The molecular weight excluding hydrogens is 484 g/mol. The van der Waals surface area contributed by atoms with Crippen LogP contribution in [0.5, 0.6) is 0 Å². The lowest BCUT2D eigenvalue weighted by atomic mass is 9.70. The maximum absolute atomic E-state index is 13.4. The van der Waals surface area contributed by atoms with Crippen LogP contribution in [-0.2, 0) is 9.53 Å². The Morgan fingerprint density at radius 3 is 2.50 bits per heavy atom. The Hall–Kier alpha value is -2.70. The van der Waals surface area contributed by atoms with Crippen LogP contribution in [-0.4, -0.2) is 10.8 Å². The van der Waals surface area contributed by atoms with Crippen LogP contribution in [0, 0.1) is 5.41 Å². The molecule has 32 heavy (non-hydrogen) atoms. The van der Waals surface area contributed by atoms with Gasteiger partial charge in [0.05, 0.1) is 11.3 Å². The van der Waals surface area contributed by atoms with E-state index in [9.17, 15) is 4.79 Å². The van der Waals surface area contributed by atoms with Crippen molar-refractivity contribution in [2.75, 3.05) is 0 Å². The van der Waals surface area contributed by atoms with Crippen LogP contribution in [0.15, 0.2) is 81.7 Å². The van der Waals surface area contributed by atoms with E-state index in [1.807, 2.05) is 60.0 Å². The lowest BCUT2D eigenvalue weighted by Gasteiger charge is -2.38. The Morgan fingerprint density at radius 2 is 1.78 bits per heavy atom. The molecular formula is C26H23BrN2O2S. The maximum Gasteiger partial charge on any atom is 0.197 e. The van der Waals surface area contributed by atoms with E-state index in [1.165, 1.54) is 11.3 Å². The van der Waals surface area contributed by atoms with E-state index in [0.29, 0.717) is 30.1 Å². The second kappa shape index (κ2) is 8.01. The van der Waals surface area contributed by atoms with E-state index >= 15 is 0 Å². The van der Waals surface area contributed by atoms with Gasteiger partial charge in [0.1, 0.15) is 10.8 Å². The van der Waals surface area contributed by atoms with Crippen molar-refractivity contribution >= 4 is 38.6 Å². The average Bonchev–Trinajstić information content (AvgIpc) is 3.23. The van der Waals surface area contributed by atoms with Gasteiger partial charge in [0.25, 0.3) is 0 Å². The predicted octanol–water partition coefficient (Wildman–Crippen LogP) is 6.66. The normalized spacial score (nSPS) is 20.2. The molecule has 0 saturated heterocycles. The number of Topliss-reactive ketones (excluding diaryl/α,β-unsaturated/α-hetero) is 1. The number of carbonyl (C=O) groups is 1. The number of hydrogen-bond donors (Lipinski definition) is 1. The van der Waals surface area contributed by atoms with Crippen LogP contribution in [0.1, 0.15) is 43.2 Å². The van der Waals surface area contributed by atoms with Gasteiger partial charge < -0.3 is 10.5 Å². The van der Waals surface area contributed by atoms with Gasteiger partial charge in [-0.1, -0.05) is 72.2 Å². The first-order chi connectivity index (χ1) is 15.3. The number of ketones is 1. The molecule has 2 N–H and O–H groups in total. The van der Waals surface area contributed by atoms with Gasteiger partial charge >= 0.3 is 0 Å². The number of aromatic nitrogens is 1. The highest BCUT2D eigenvalue weighted by Crippen LogP contribution is 2.51. The fraction of sp³-hybridized carbons (Fsp3) is 0.231. The van der Waals surface area contributed by atoms with Gasteiger partial charge in [-0.25, -0.2) is 4.98 Å². The van der Waals surface area contributed by atoms with Gasteiger partial charge in [-0.15, -0.1) is 11.3 Å². The molecule has 0 radical (unpaired) electrons. The molecule has 0 amide bonds. The molecule has 2 aromatic carbocycles. The van der Waals surface area contributed by atoms with Crippen molar-refractivity contribution in [2.24, 2.45) is 11.1 Å². The van der Waals surface area contributed by atoms with Crippen molar-refractivity contribution < 1.29 is 9.53 Å². The van der Waals surface area contributed by atoms with Gasteiger partial charge in [-0.3, -0.25) is 4.79 Å². The molecule has 1 atom stereocenters. The molecule has 0 saturated carbocycles. The summed E-state index contributed by atoms with van der Waals surface area (Å²) in [6.45, 7) is 4.18. The van der Waals surface area contributed by atoms with E-state index in [0.717, 1.165) is 31.9 Å². The number of ether oxygens (including phenoxy) is 1. The zero-order valence-electron chi connectivity index (χ0n) is 17.9. The molecule has 5 rings (SSSR count). The number of nitrogens with zero attached hydrogens (tertiary/aromatic N) is 1. The van der Waals surface area contributed by atoms with Crippen LogP contribution in [0.3, 0.4) is 0 Å². The van der Waals surface area contributed by atoms with Gasteiger partial charge in [0.2, 0.25) is 0 Å². The summed E-state index contributed by atoms with van der Waals surface area (Å²) in [7, 11) is 0. The molecule has 162 valence electrons. The van der Waals surface area contributed by atoms with Gasteiger partial charge in [-0.2, -0.15) is 0 Å². The minimum atomic E-state index is -0.301. The first kappa shape index (κ1) is 21.2. The number of benzene rings is 2. The summed E-state index contributed by atoms with van der Waals surface area (Å²) in [6.07, 6.45) is 1.17. The third-order valence-electron chi connectivity index (χ3n) is 5.96. The number of hydrogen-bond acceptors (Lipinski definition) is 5. The standard InChI is InChI=1S/C26H23BrN2O2S/c1-26(2)12-19(30)22-20(13-26)31-24(28)23(21(22)16-8-10-17(27)11-9-16)25-29-18(14-32-25)15-6-4-3-5-7-15/h3-11,14,21H,12-13,28H2,1-2H3/t21-/m0/s1. The van der Waals surface area contributed by atoms with E-state index < -0.39 is 0 Å². The molecule has 6 heteroatoms. The van der Waals surface area contributed by atoms with Crippen LogP contribution < -0.4 is 5.73 Å². The maximum atomic E-state index is 13.4. The Bertz CT molecular complexity index is 1260. The molecule has 1 aromatic heterocycles. The quantitative estimate of drug-likeness (QED) is 0.431. The molecule has 1 aliphatic heterocycles. The van der Waals surface area contributed by atoms with Gasteiger partial charge in [-0.05, 0) is 23.1 Å². The summed E-state index contributed by atoms with van der Waals surface area (Å²) >= 11 is 5.04. The van der Waals surface area contributed by atoms with E-state index in [-0.39, 0.29) is 17.1 Å². The van der Waals surface area contributed by atoms with Crippen LogP contribution in [0.4, 0.5) is 0 Å². The molecule has 0 spiro atoms. The van der Waals surface area contributed by atoms with Crippen molar-refractivity contribution in [3.8, 4) is 11.3 Å². The Kier molecular flexibility index (Phi) is 5.30. The fourth-order valence-electron chi connectivity index (χ4n) is 4.52. The van der Waals surface area contributed by atoms with Crippen molar-refractivity contribution in [2.45, 2.75) is 32.6 Å². The second-order valence-electron chi connectivity index (χ2n) is 9.05. The largest absolute Gasteiger partial charge is 0.445 e. The highest BCUT2D eigenvalue weighted by Gasteiger charge is 2.43. The minimum absolute atomic E-state index is 0.119. The summed E-state index contributed by atoms with van der Waals surface area (Å²) in [6, 6.07) is 18.1. The second-order valence-corrected chi connectivity index (χ2v) is 10.8. The highest BCUT2D eigenvalue weighted by atomic mass is 79.9. The number of thiazole rings is 1. The van der Waals surface area contributed by atoms with Crippen molar-refractivity contribution in [3.63, 3.8) is 0 Å². The monoisotopic (exact) mass is 506 g/mol. The van der Waals surface area contributed by atoms with E-state index in [2.05, 4.69) is 29.8 Å². The molecule has 2 heterocycles. The molecule has 0 bridgehead atoms. The van der Waals surface area contributed by atoms with Gasteiger partial charge in [0, 0.05) is 39.7 Å². The average molecular weight is 507 g/mol. The predicted molar refractivity (Wildman–Crippen MR) is 132 cm³/mol. The molecule has 0 unspecified atom stereocenters. The number of nitrogens with two attached hydrogens (primary N) is 1. The van der Waals surface area contributed by atoms with Crippen LogP contribution in [0.2, 0.25) is 0 Å². The Morgan fingerprint density at radius 1 is 1.06 bits per heavy atom. The number of halogens is 1. The number of rotatable bonds is 3. The van der Waals surface area contributed by atoms with Crippen molar-refractivity contribution in [3.05, 3.63) is 92.2 Å².